The summed E-state index contributed by atoms with van der Waals surface area (Å²) in [6.45, 7) is 8.74. The minimum absolute atomic E-state index is 0.266. The fourth-order valence-corrected chi connectivity index (χ4v) is 4.32. The molecule has 0 atom stereocenters. The van der Waals surface area contributed by atoms with Crippen LogP contribution in [0.2, 0.25) is 0 Å². The average Bonchev–Trinajstić information content (AvgIpc) is 3.17. The number of nitrogens with zero attached hydrogens (tertiary/aromatic N) is 4. The maximum absolute atomic E-state index is 4.54. The maximum Gasteiger partial charge on any atom is 0.181 e. The van der Waals surface area contributed by atoms with Gasteiger partial charge in [-0.2, -0.15) is 4.68 Å². The van der Waals surface area contributed by atoms with Crippen molar-refractivity contribution in [2.45, 2.75) is 58.9 Å². The Hall–Kier alpha value is -2.69. The van der Waals surface area contributed by atoms with E-state index in [1.54, 1.807) is 0 Å². The summed E-state index contributed by atoms with van der Waals surface area (Å²) in [7, 11) is 0. The number of hydrogen-bond acceptors (Lipinski definition) is 4. The molecule has 28 heavy (non-hydrogen) atoms. The lowest BCUT2D eigenvalue weighted by atomic mass is 9.76. The van der Waals surface area contributed by atoms with Crippen LogP contribution < -0.4 is 5.32 Å². The van der Waals surface area contributed by atoms with Crippen LogP contribution in [0.1, 0.15) is 55.1 Å². The number of aryl methyl sites for hydroxylation is 3. The lowest BCUT2D eigenvalue weighted by Gasteiger charge is -2.40. The van der Waals surface area contributed by atoms with Crippen LogP contribution in [0.3, 0.4) is 0 Å². The highest BCUT2D eigenvalue weighted by atomic mass is 15.6. The zero-order valence-electron chi connectivity index (χ0n) is 17.2. The van der Waals surface area contributed by atoms with Gasteiger partial charge in [0.25, 0.3) is 0 Å². The number of nitrogens with one attached hydrogen (secondary N) is 1. The second-order valence-electron chi connectivity index (χ2n) is 8.41. The molecule has 1 aromatic heterocycles. The Balaban J connectivity index is 1.80. The molecule has 3 aromatic rings. The monoisotopic (exact) mass is 375 g/mol. The van der Waals surface area contributed by atoms with Crippen LogP contribution in [0.5, 0.6) is 0 Å². The third kappa shape index (κ3) is 3.41. The molecule has 1 heterocycles. The van der Waals surface area contributed by atoms with Gasteiger partial charge in [-0.1, -0.05) is 42.8 Å². The van der Waals surface area contributed by atoms with Crippen molar-refractivity contribution in [1.82, 2.24) is 20.2 Å². The van der Waals surface area contributed by atoms with Gasteiger partial charge in [0.05, 0.1) is 11.2 Å². The molecule has 0 saturated heterocycles. The number of anilines is 1. The van der Waals surface area contributed by atoms with Gasteiger partial charge in [-0.15, -0.1) is 5.10 Å². The standard InChI is InChI=1S/C23H29N5/c1-16-11-13-23(14-12-16,24-20-10-9-17(2)15-19(20)4)22-25-26-27-28(22)21-8-6-5-7-18(21)3/h5-10,15-16,24H,11-14H2,1-4H3. The van der Waals surface area contributed by atoms with E-state index in [9.17, 15) is 0 Å². The maximum atomic E-state index is 4.54. The Morgan fingerprint density at radius 2 is 1.75 bits per heavy atom. The van der Waals surface area contributed by atoms with Gasteiger partial charge in [-0.25, -0.2) is 0 Å². The number of tetrazole rings is 1. The van der Waals surface area contributed by atoms with E-state index in [1.807, 2.05) is 10.7 Å². The van der Waals surface area contributed by atoms with E-state index in [1.165, 1.54) is 35.2 Å². The molecule has 1 N–H and O–H groups in total. The predicted octanol–water partition coefficient (Wildman–Crippen LogP) is 5.11. The first-order chi connectivity index (χ1) is 13.5. The lowest BCUT2D eigenvalue weighted by molar-refractivity contribution is 0.255. The first-order valence-electron chi connectivity index (χ1n) is 10.2. The molecular weight excluding hydrogens is 346 g/mol. The predicted molar refractivity (Wildman–Crippen MR) is 113 cm³/mol. The van der Waals surface area contributed by atoms with Gasteiger partial charge in [-0.3, -0.25) is 0 Å². The van der Waals surface area contributed by atoms with Crippen molar-refractivity contribution in [2.75, 3.05) is 5.32 Å². The fourth-order valence-electron chi connectivity index (χ4n) is 4.32. The van der Waals surface area contributed by atoms with E-state index in [4.69, 9.17) is 0 Å². The van der Waals surface area contributed by atoms with Crippen LogP contribution in [-0.4, -0.2) is 20.2 Å². The molecule has 146 valence electrons. The number of benzene rings is 2. The third-order valence-electron chi connectivity index (χ3n) is 6.12. The molecule has 0 amide bonds. The Morgan fingerprint density at radius 1 is 1.00 bits per heavy atom. The molecule has 5 nitrogen and oxygen atoms in total. The molecule has 2 aromatic carbocycles. The molecule has 0 spiro atoms. The second kappa shape index (κ2) is 7.38. The van der Waals surface area contributed by atoms with Gasteiger partial charge in [0, 0.05) is 5.69 Å². The Labute approximate surface area is 167 Å². The van der Waals surface area contributed by atoms with E-state index in [2.05, 4.69) is 84.9 Å². The Bertz CT molecular complexity index is 967. The van der Waals surface area contributed by atoms with Crippen molar-refractivity contribution in [2.24, 2.45) is 5.92 Å². The normalized spacial score (nSPS) is 22.2. The molecule has 0 aliphatic heterocycles. The molecule has 1 fully saturated rings. The highest BCUT2D eigenvalue weighted by molar-refractivity contribution is 5.55. The van der Waals surface area contributed by atoms with Gasteiger partial charge in [0.2, 0.25) is 0 Å². The number of rotatable bonds is 4. The molecule has 1 aliphatic rings. The van der Waals surface area contributed by atoms with Crippen LogP contribution in [0, 0.1) is 26.7 Å². The third-order valence-corrected chi connectivity index (χ3v) is 6.12. The van der Waals surface area contributed by atoms with Gasteiger partial charge in [0.15, 0.2) is 5.82 Å². The first-order valence-corrected chi connectivity index (χ1v) is 10.2. The summed E-state index contributed by atoms with van der Waals surface area (Å²) in [6.07, 6.45) is 4.37. The summed E-state index contributed by atoms with van der Waals surface area (Å²) >= 11 is 0. The zero-order valence-corrected chi connectivity index (χ0v) is 17.2. The number of para-hydroxylation sites is 1. The summed E-state index contributed by atoms with van der Waals surface area (Å²) in [6, 6.07) is 14.9. The van der Waals surface area contributed by atoms with Gasteiger partial charge in [0.1, 0.15) is 0 Å². The number of aromatic nitrogens is 4. The second-order valence-corrected chi connectivity index (χ2v) is 8.41. The summed E-state index contributed by atoms with van der Waals surface area (Å²) in [5.41, 5.74) is 5.65. The highest BCUT2D eigenvalue weighted by Gasteiger charge is 2.41. The summed E-state index contributed by atoms with van der Waals surface area (Å²) in [4.78, 5) is 0. The van der Waals surface area contributed by atoms with Gasteiger partial charge < -0.3 is 5.32 Å². The molecule has 0 unspecified atom stereocenters. The van der Waals surface area contributed by atoms with Crippen molar-refractivity contribution >= 4 is 5.69 Å². The van der Waals surface area contributed by atoms with Crippen molar-refractivity contribution < 1.29 is 0 Å². The largest absolute Gasteiger partial charge is 0.372 e. The van der Waals surface area contributed by atoms with E-state index >= 15 is 0 Å². The topological polar surface area (TPSA) is 55.6 Å². The van der Waals surface area contributed by atoms with Crippen LogP contribution in [0.15, 0.2) is 42.5 Å². The van der Waals surface area contributed by atoms with Gasteiger partial charge >= 0.3 is 0 Å². The molecule has 5 heteroatoms. The molecule has 1 saturated carbocycles. The van der Waals surface area contributed by atoms with Crippen LogP contribution in [0.4, 0.5) is 5.69 Å². The van der Waals surface area contributed by atoms with Crippen molar-refractivity contribution in [3.8, 4) is 5.69 Å². The van der Waals surface area contributed by atoms with Gasteiger partial charge in [-0.05, 0) is 86.1 Å². The Kier molecular flexibility index (Phi) is 4.92. The molecule has 1 aliphatic carbocycles. The summed E-state index contributed by atoms with van der Waals surface area (Å²) in [5, 5.41) is 16.9. The fraction of sp³-hybridized carbons (Fsp3) is 0.435. The zero-order chi connectivity index (χ0) is 19.7. The van der Waals surface area contributed by atoms with Crippen LogP contribution >= 0.6 is 0 Å². The number of hydrogen-bond donors (Lipinski definition) is 1. The minimum atomic E-state index is -0.266. The van der Waals surface area contributed by atoms with Crippen molar-refractivity contribution in [3.63, 3.8) is 0 Å². The minimum Gasteiger partial charge on any atom is -0.372 e. The van der Waals surface area contributed by atoms with Crippen molar-refractivity contribution in [1.29, 1.82) is 0 Å². The van der Waals surface area contributed by atoms with E-state index in [0.717, 1.165) is 30.3 Å². The first kappa shape index (κ1) is 18.7. The molecule has 0 radical (unpaired) electrons. The molecule has 0 bridgehead atoms. The van der Waals surface area contributed by atoms with Crippen LogP contribution in [0.25, 0.3) is 5.69 Å². The van der Waals surface area contributed by atoms with E-state index in [0.29, 0.717) is 0 Å². The average molecular weight is 376 g/mol. The van der Waals surface area contributed by atoms with E-state index < -0.39 is 0 Å². The van der Waals surface area contributed by atoms with E-state index in [-0.39, 0.29) is 5.54 Å². The molecule has 4 rings (SSSR count). The molecular formula is C23H29N5. The SMILES string of the molecule is Cc1ccc(NC2(c3nnnn3-c3ccccc3C)CCC(C)CC2)c(C)c1. The van der Waals surface area contributed by atoms with Crippen molar-refractivity contribution in [3.05, 3.63) is 65.0 Å². The quantitative estimate of drug-likeness (QED) is 0.689. The lowest BCUT2D eigenvalue weighted by Crippen LogP contribution is -2.41. The summed E-state index contributed by atoms with van der Waals surface area (Å²) < 4.78 is 1.93. The Morgan fingerprint density at radius 3 is 2.46 bits per heavy atom. The summed E-state index contributed by atoms with van der Waals surface area (Å²) in [5.74, 6) is 1.64. The van der Waals surface area contributed by atoms with Crippen LogP contribution in [-0.2, 0) is 5.54 Å². The smallest absolute Gasteiger partial charge is 0.181 e. The highest BCUT2D eigenvalue weighted by Crippen LogP contribution is 2.42.